The lowest BCUT2D eigenvalue weighted by Gasteiger charge is -2.34. The van der Waals surface area contributed by atoms with Crippen LogP contribution in [0.25, 0.3) is 0 Å². The van der Waals surface area contributed by atoms with Crippen molar-refractivity contribution in [2.24, 2.45) is 11.8 Å². The van der Waals surface area contributed by atoms with E-state index in [9.17, 15) is 0 Å². The van der Waals surface area contributed by atoms with Crippen LogP contribution in [0.1, 0.15) is 44.3 Å². The van der Waals surface area contributed by atoms with Gasteiger partial charge in [0.2, 0.25) is 0 Å². The quantitative estimate of drug-likeness (QED) is 0.646. The Kier molecular flexibility index (Phi) is 4.37. The lowest BCUT2D eigenvalue weighted by molar-refractivity contribution is -0.0541. The number of rotatable bonds is 4. The highest BCUT2D eigenvalue weighted by atomic mass is 16.5. The van der Waals surface area contributed by atoms with Gasteiger partial charge in [0.25, 0.3) is 0 Å². The number of ether oxygens (including phenoxy) is 1. The molecule has 0 saturated carbocycles. The van der Waals surface area contributed by atoms with Gasteiger partial charge in [0.05, 0.1) is 6.61 Å². The van der Waals surface area contributed by atoms with Gasteiger partial charge in [-0.15, -0.1) is 0 Å². The summed E-state index contributed by atoms with van der Waals surface area (Å²) in [7, 11) is 0. The fourth-order valence-corrected chi connectivity index (χ4v) is 3.23. The van der Waals surface area contributed by atoms with Crippen molar-refractivity contribution in [3.05, 3.63) is 17.6 Å². The number of hydrogen-bond donors (Lipinski definition) is 2. The lowest BCUT2D eigenvalue weighted by Crippen LogP contribution is -2.43. The Balaban J connectivity index is 1.80. The first kappa shape index (κ1) is 14.7. The van der Waals surface area contributed by atoms with Crippen LogP contribution < -0.4 is 11.3 Å². The van der Waals surface area contributed by atoms with Gasteiger partial charge in [-0.3, -0.25) is 4.90 Å². The van der Waals surface area contributed by atoms with Gasteiger partial charge in [-0.1, -0.05) is 13.8 Å². The molecule has 2 aliphatic rings. The fraction of sp³-hybridized carbons (Fsp3) is 0.733. The predicted octanol–water partition coefficient (Wildman–Crippen LogP) is 1.50. The molecular formula is C15H25N5O. The maximum absolute atomic E-state index is 6.00. The van der Waals surface area contributed by atoms with Gasteiger partial charge in [0.15, 0.2) is 5.82 Å². The topological polar surface area (TPSA) is 76.3 Å². The molecule has 2 aliphatic heterocycles. The number of nitrogen functional groups attached to an aromatic ring is 1. The maximum atomic E-state index is 6.00. The number of aromatic nitrogens is 2. The van der Waals surface area contributed by atoms with E-state index >= 15 is 0 Å². The summed E-state index contributed by atoms with van der Waals surface area (Å²) in [6, 6.07) is 2.51. The van der Waals surface area contributed by atoms with Gasteiger partial charge in [-0.25, -0.2) is 15.8 Å². The van der Waals surface area contributed by atoms with Crippen LogP contribution in [-0.2, 0) is 11.2 Å². The van der Waals surface area contributed by atoms with E-state index < -0.39 is 0 Å². The van der Waals surface area contributed by atoms with Crippen molar-refractivity contribution in [2.75, 3.05) is 25.1 Å². The molecule has 0 aliphatic carbocycles. The molecular weight excluding hydrogens is 266 g/mol. The molecule has 6 nitrogen and oxygen atoms in total. The summed E-state index contributed by atoms with van der Waals surface area (Å²) in [4.78, 5) is 11.7. The second-order valence-electron chi connectivity index (χ2n) is 6.46. The highest BCUT2D eigenvalue weighted by molar-refractivity contribution is 5.35. The van der Waals surface area contributed by atoms with Crippen molar-refractivity contribution in [3.8, 4) is 0 Å². The normalized spacial score (nSPS) is 26.1. The molecule has 1 aromatic rings. The Morgan fingerprint density at radius 3 is 3.10 bits per heavy atom. The zero-order chi connectivity index (χ0) is 14.8. The van der Waals surface area contributed by atoms with Crippen molar-refractivity contribution >= 4 is 5.82 Å². The summed E-state index contributed by atoms with van der Waals surface area (Å²) < 4.78 is 6.00. The third kappa shape index (κ3) is 3.33. The van der Waals surface area contributed by atoms with Crippen LogP contribution in [-0.4, -0.2) is 40.6 Å². The second-order valence-corrected chi connectivity index (χ2v) is 6.46. The Labute approximate surface area is 126 Å². The van der Waals surface area contributed by atoms with E-state index in [-0.39, 0.29) is 6.10 Å². The first-order valence-corrected chi connectivity index (χ1v) is 7.86. The molecule has 3 N–H and O–H groups in total. The van der Waals surface area contributed by atoms with Crippen LogP contribution >= 0.6 is 0 Å². The number of nitrogens with zero attached hydrogens (tertiary/aromatic N) is 3. The average Bonchev–Trinajstić information content (AvgIpc) is 2.93. The molecule has 2 atom stereocenters. The van der Waals surface area contributed by atoms with Gasteiger partial charge in [-0.2, -0.15) is 0 Å². The molecule has 21 heavy (non-hydrogen) atoms. The second kappa shape index (κ2) is 6.25. The Hall–Kier alpha value is -1.24. The number of nitrogens with two attached hydrogens (primary N) is 1. The standard InChI is InChI=1S/C15H25N5O/c1-10(2)6-11-7-14(19-16)18-15(17-11)13-8-20-5-3-4-12(20)9-21-13/h7,10,12-13H,3-6,8-9,16H2,1-2H3,(H,17,18,19). The van der Waals surface area contributed by atoms with Gasteiger partial charge in [-0.05, 0) is 31.7 Å². The van der Waals surface area contributed by atoms with E-state index in [0.29, 0.717) is 17.8 Å². The van der Waals surface area contributed by atoms with Crippen molar-refractivity contribution < 1.29 is 4.74 Å². The minimum atomic E-state index is -0.0430. The van der Waals surface area contributed by atoms with Crippen LogP contribution in [0.4, 0.5) is 5.82 Å². The summed E-state index contributed by atoms with van der Waals surface area (Å²) in [5.41, 5.74) is 3.67. The van der Waals surface area contributed by atoms with E-state index in [4.69, 9.17) is 15.6 Å². The summed E-state index contributed by atoms with van der Waals surface area (Å²) in [6.45, 7) is 7.21. The monoisotopic (exact) mass is 291 g/mol. The number of anilines is 1. The number of fused-ring (bicyclic) bond motifs is 1. The lowest BCUT2D eigenvalue weighted by atomic mass is 10.1. The Bertz CT molecular complexity index is 493. The fourth-order valence-electron chi connectivity index (χ4n) is 3.23. The maximum Gasteiger partial charge on any atom is 0.161 e. The number of morpholine rings is 1. The van der Waals surface area contributed by atoms with Crippen LogP contribution in [0.3, 0.4) is 0 Å². The smallest absolute Gasteiger partial charge is 0.161 e. The molecule has 0 spiro atoms. The zero-order valence-corrected chi connectivity index (χ0v) is 12.9. The third-order valence-electron chi connectivity index (χ3n) is 4.24. The van der Waals surface area contributed by atoms with Gasteiger partial charge < -0.3 is 10.2 Å². The third-order valence-corrected chi connectivity index (χ3v) is 4.24. The largest absolute Gasteiger partial charge is 0.367 e. The van der Waals surface area contributed by atoms with Gasteiger partial charge in [0.1, 0.15) is 11.9 Å². The zero-order valence-electron chi connectivity index (χ0n) is 12.9. The van der Waals surface area contributed by atoms with E-state index in [0.717, 1.165) is 37.6 Å². The van der Waals surface area contributed by atoms with Crippen LogP contribution in [0.15, 0.2) is 6.07 Å². The predicted molar refractivity (Wildman–Crippen MR) is 81.7 cm³/mol. The molecule has 0 bridgehead atoms. The number of hydrazine groups is 1. The highest BCUT2D eigenvalue weighted by Gasteiger charge is 2.34. The molecule has 0 amide bonds. The molecule has 6 heteroatoms. The van der Waals surface area contributed by atoms with E-state index in [1.165, 1.54) is 12.8 Å². The first-order chi connectivity index (χ1) is 10.2. The molecule has 1 aromatic heterocycles. The summed E-state index contributed by atoms with van der Waals surface area (Å²) in [6.07, 6.45) is 3.39. The number of hydrogen-bond acceptors (Lipinski definition) is 6. The minimum absolute atomic E-state index is 0.0430. The van der Waals surface area contributed by atoms with Crippen LogP contribution in [0.5, 0.6) is 0 Å². The van der Waals surface area contributed by atoms with Crippen molar-refractivity contribution in [3.63, 3.8) is 0 Å². The average molecular weight is 291 g/mol. The number of nitrogens with one attached hydrogen (secondary N) is 1. The summed E-state index contributed by atoms with van der Waals surface area (Å²) in [5.74, 6) is 7.52. The summed E-state index contributed by atoms with van der Waals surface area (Å²) in [5, 5.41) is 0. The minimum Gasteiger partial charge on any atom is -0.367 e. The molecule has 0 radical (unpaired) electrons. The highest BCUT2D eigenvalue weighted by Crippen LogP contribution is 2.29. The Morgan fingerprint density at radius 1 is 1.48 bits per heavy atom. The van der Waals surface area contributed by atoms with Crippen molar-refractivity contribution in [2.45, 2.75) is 45.3 Å². The van der Waals surface area contributed by atoms with Crippen LogP contribution in [0.2, 0.25) is 0 Å². The Morgan fingerprint density at radius 2 is 2.33 bits per heavy atom. The van der Waals surface area contributed by atoms with Crippen LogP contribution in [0, 0.1) is 5.92 Å². The molecule has 0 aromatic carbocycles. The SMILES string of the molecule is CC(C)Cc1cc(NN)nc(C2CN3CCCC3CO2)n1. The molecule has 2 fully saturated rings. The van der Waals surface area contributed by atoms with Gasteiger partial charge in [0, 0.05) is 24.3 Å². The molecule has 2 unspecified atom stereocenters. The molecule has 2 saturated heterocycles. The summed E-state index contributed by atoms with van der Waals surface area (Å²) >= 11 is 0. The first-order valence-electron chi connectivity index (χ1n) is 7.86. The van der Waals surface area contributed by atoms with E-state index in [1.54, 1.807) is 0 Å². The van der Waals surface area contributed by atoms with Crippen molar-refractivity contribution in [1.82, 2.24) is 14.9 Å². The van der Waals surface area contributed by atoms with Crippen molar-refractivity contribution in [1.29, 1.82) is 0 Å². The molecule has 116 valence electrons. The van der Waals surface area contributed by atoms with Gasteiger partial charge >= 0.3 is 0 Å². The molecule has 3 rings (SSSR count). The molecule has 3 heterocycles. The van der Waals surface area contributed by atoms with E-state index in [1.807, 2.05) is 6.07 Å². The van der Waals surface area contributed by atoms with E-state index in [2.05, 4.69) is 29.2 Å².